The molecule has 2 N–H and O–H groups in total. The predicted octanol–water partition coefficient (Wildman–Crippen LogP) is 4.15. The van der Waals surface area contributed by atoms with Crippen molar-refractivity contribution in [2.75, 3.05) is 36.5 Å². The van der Waals surface area contributed by atoms with E-state index in [1.165, 1.54) is 0 Å². The monoisotopic (exact) mass is 396 g/mol. The number of aromatic nitrogens is 2. The molecule has 28 heavy (non-hydrogen) atoms. The summed E-state index contributed by atoms with van der Waals surface area (Å²) >= 11 is 1.66. The van der Waals surface area contributed by atoms with Crippen LogP contribution in [0.5, 0.6) is 0 Å². The van der Waals surface area contributed by atoms with Gasteiger partial charge in [0.25, 0.3) is 0 Å². The molecule has 0 saturated carbocycles. The second kappa shape index (κ2) is 8.26. The highest BCUT2D eigenvalue weighted by Crippen LogP contribution is 2.33. The maximum atomic E-state index is 9.74. The molecule has 0 aliphatic carbocycles. The van der Waals surface area contributed by atoms with Crippen LogP contribution in [-0.2, 0) is 4.74 Å². The third-order valence-electron chi connectivity index (χ3n) is 4.80. The maximum Gasteiger partial charge on any atom is 0.131 e. The van der Waals surface area contributed by atoms with Crippen LogP contribution < -0.4 is 10.2 Å². The van der Waals surface area contributed by atoms with Crippen LogP contribution in [0.2, 0.25) is 0 Å². The van der Waals surface area contributed by atoms with E-state index in [0.29, 0.717) is 0 Å². The number of anilines is 3. The number of thiophene rings is 1. The van der Waals surface area contributed by atoms with Crippen molar-refractivity contribution in [3.8, 4) is 10.4 Å². The van der Waals surface area contributed by atoms with Crippen molar-refractivity contribution in [1.82, 2.24) is 9.97 Å². The molecule has 1 atom stereocenters. The molecule has 0 bridgehead atoms. The summed E-state index contributed by atoms with van der Waals surface area (Å²) in [5.41, 5.74) is 2.78. The van der Waals surface area contributed by atoms with E-state index in [-0.39, 0.29) is 0 Å². The van der Waals surface area contributed by atoms with Crippen molar-refractivity contribution in [2.24, 2.45) is 0 Å². The van der Waals surface area contributed by atoms with E-state index in [0.717, 1.165) is 64.6 Å². The summed E-state index contributed by atoms with van der Waals surface area (Å²) in [6, 6.07) is 12.1. The Bertz CT molecular complexity index is 934. The van der Waals surface area contributed by atoms with Crippen LogP contribution in [0.15, 0.2) is 42.6 Å². The first-order valence-corrected chi connectivity index (χ1v) is 10.2. The van der Waals surface area contributed by atoms with Crippen molar-refractivity contribution in [1.29, 1.82) is 0 Å². The second-order valence-corrected chi connectivity index (χ2v) is 7.92. The first kappa shape index (κ1) is 18.9. The Hall–Kier alpha value is -2.48. The zero-order chi connectivity index (χ0) is 19.5. The van der Waals surface area contributed by atoms with Gasteiger partial charge in [-0.1, -0.05) is 6.07 Å². The van der Waals surface area contributed by atoms with E-state index in [1.54, 1.807) is 18.3 Å². The topological polar surface area (TPSA) is 70.5 Å². The number of ether oxygens (including phenoxy) is 1. The quantitative estimate of drug-likeness (QED) is 0.675. The summed E-state index contributed by atoms with van der Waals surface area (Å²) in [7, 11) is 0. The Balaban J connectivity index is 1.46. The molecule has 1 saturated heterocycles. The van der Waals surface area contributed by atoms with Gasteiger partial charge in [-0.2, -0.15) is 0 Å². The average Bonchev–Trinajstić information content (AvgIpc) is 3.17. The highest BCUT2D eigenvalue weighted by molar-refractivity contribution is 7.19. The van der Waals surface area contributed by atoms with Crippen LogP contribution in [-0.4, -0.2) is 41.4 Å². The highest BCUT2D eigenvalue weighted by atomic mass is 32.1. The summed E-state index contributed by atoms with van der Waals surface area (Å²) in [6.07, 6.45) is 1.42. The molecule has 7 heteroatoms. The molecule has 1 aliphatic heterocycles. The van der Waals surface area contributed by atoms with Gasteiger partial charge in [0.05, 0.1) is 24.3 Å². The number of aryl methyl sites for hydroxylation is 1. The summed E-state index contributed by atoms with van der Waals surface area (Å²) in [5, 5.41) is 14.1. The Morgan fingerprint density at radius 3 is 2.64 bits per heavy atom. The maximum absolute atomic E-state index is 9.74. The molecule has 4 heterocycles. The molecule has 0 aromatic carbocycles. The molecule has 3 aromatic rings. The van der Waals surface area contributed by atoms with Crippen LogP contribution in [0, 0.1) is 6.92 Å². The van der Waals surface area contributed by atoms with Gasteiger partial charge in [-0.3, -0.25) is 0 Å². The van der Waals surface area contributed by atoms with E-state index in [1.807, 2.05) is 25.3 Å². The number of nitrogens with one attached hydrogen (secondary N) is 1. The SMILES string of the molecule is Cc1nc(Nc2ccc(-c3ccc(N4CCOCC4)nc3)s2)ccc1C(C)O. The Labute approximate surface area is 168 Å². The van der Waals surface area contributed by atoms with Gasteiger partial charge < -0.3 is 20.1 Å². The van der Waals surface area contributed by atoms with Gasteiger partial charge in [-0.25, -0.2) is 9.97 Å². The minimum absolute atomic E-state index is 0.511. The van der Waals surface area contributed by atoms with Crippen LogP contribution in [0.3, 0.4) is 0 Å². The number of nitrogens with zero attached hydrogens (tertiary/aromatic N) is 3. The van der Waals surface area contributed by atoms with E-state index >= 15 is 0 Å². The van der Waals surface area contributed by atoms with Gasteiger partial charge in [0.2, 0.25) is 0 Å². The molecule has 0 amide bonds. The van der Waals surface area contributed by atoms with Crippen LogP contribution in [0.1, 0.15) is 24.3 Å². The third-order valence-corrected chi connectivity index (χ3v) is 5.85. The van der Waals surface area contributed by atoms with Gasteiger partial charge in [0.15, 0.2) is 0 Å². The fourth-order valence-corrected chi connectivity index (χ4v) is 4.18. The lowest BCUT2D eigenvalue weighted by Crippen LogP contribution is -2.36. The molecule has 0 spiro atoms. The molecule has 146 valence electrons. The second-order valence-electron chi connectivity index (χ2n) is 6.84. The molecule has 4 rings (SSSR count). The molecule has 1 fully saturated rings. The number of aliphatic hydroxyl groups excluding tert-OH is 1. The van der Waals surface area contributed by atoms with Crippen molar-refractivity contribution < 1.29 is 9.84 Å². The van der Waals surface area contributed by atoms with Crippen molar-refractivity contribution in [3.05, 3.63) is 53.9 Å². The van der Waals surface area contributed by atoms with Gasteiger partial charge in [-0.05, 0) is 44.2 Å². The Morgan fingerprint density at radius 1 is 1.14 bits per heavy atom. The van der Waals surface area contributed by atoms with Crippen molar-refractivity contribution in [2.45, 2.75) is 20.0 Å². The lowest BCUT2D eigenvalue weighted by atomic mass is 10.1. The van der Waals surface area contributed by atoms with E-state index < -0.39 is 6.10 Å². The van der Waals surface area contributed by atoms with Crippen molar-refractivity contribution in [3.63, 3.8) is 0 Å². The summed E-state index contributed by atoms with van der Waals surface area (Å²) in [6.45, 7) is 6.96. The first-order valence-electron chi connectivity index (χ1n) is 9.42. The highest BCUT2D eigenvalue weighted by Gasteiger charge is 2.13. The van der Waals surface area contributed by atoms with E-state index in [9.17, 15) is 5.11 Å². The fourth-order valence-electron chi connectivity index (χ4n) is 3.28. The third kappa shape index (κ3) is 4.16. The smallest absolute Gasteiger partial charge is 0.131 e. The zero-order valence-corrected chi connectivity index (χ0v) is 16.9. The number of rotatable bonds is 5. The lowest BCUT2D eigenvalue weighted by Gasteiger charge is -2.27. The zero-order valence-electron chi connectivity index (χ0n) is 16.1. The number of aliphatic hydroxyl groups is 1. The summed E-state index contributed by atoms with van der Waals surface area (Å²) in [4.78, 5) is 12.6. The van der Waals surface area contributed by atoms with Crippen LogP contribution in [0.4, 0.5) is 16.6 Å². The van der Waals surface area contributed by atoms with Crippen molar-refractivity contribution >= 4 is 28.0 Å². The standard InChI is InChI=1S/C21H24N4O2S/c1-14-17(15(2)26)4-6-19(23-14)24-21-8-5-18(28-21)16-3-7-20(22-13-16)25-9-11-27-12-10-25/h3-8,13,15,26H,9-12H2,1-2H3,(H,23,24). The average molecular weight is 397 g/mol. The minimum Gasteiger partial charge on any atom is -0.389 e. The molecule has 1 aliphatic rings. The number of hydrogen-bond acceptors (Lipinski definition) is 7. The fraction of sp³-hybridized carbons (Fsp3) is 0.333. The van der Waals surface area contributed by atoms with Gasteiger partial charge in [-0.15, -0.1) is 11.3 Å². The molecule has 6 nitrogen and oxygen atoms in total. The molecular formula is C21H24N4O2S. The van der Waals surface area contributed by atoms with Gasteiger partial charge in [0.1, 0.15) is 11.6 Å². The number of morpholine rings is 1. The minimum atomic E-state index is -0.511. The van der Waals surface area contributed by atoms with E-state index in [4.69, 9.17) is 4.74 Å². The Morgan fingerprint density at radius 2 is 1.96 bits per heavy atom. The van der Waals surface area contributed by atoms with E-state index in [2.05, 4.69) is 44.5 Å². The van der Waals surface area contributed by atoms with Gasteiger partial charge >= 0.3 is 0 Å². The first-order chi connectivity index (χ1) is 13.6. The summed E-state index contributed by atoms with van der Waals surface area (Å²) in [5.74, 6) is 1.77. The number of pyridine rings is 2. The largest absolute Gasteiger partial charge is 0.389 e. The molecule has 0 radical (unpaired) electrons. The normalized spacial score (nSPS) is 15.5. The predicted molar refractivity (Wildman–Crippen MR) is 113 cm³/mol. The molecular weight excluding hydrogens is 372 g/mol. The summed E-state index contributed by atoms with van der Waals surface area (Å²) < 4.78 is 5.40. The van der Waals surface area contributed by atoms with Crippen LogP contribution >= 0.6 is 11.3 Å². The van der Waals surface area contributed by atoms with Crippen LogP contribution in [0.25, 0.3) is 10.4 Å². The molecule has 3 aromatic heterocycles. The molecule has 1 unspecified atom stereocenters. The van der Waals surface area contributed by atoms with Gasteiger partial charge in [0, 0.05) is 41.0 Å². The number of hydrogen-bond donors (Lipinski definition) is 2. The lowest BCUT2D eigenvalue weighted by molar-refractivity contribution is 0.122. The Kier molecular flexibility index (Phi) is 5.57.